The number of nitrogens with one attached hydrogen (secondary N) is 1. The van der Waals surface area contributed by atoms with Crippen molar-refractivity contribution < 1.29 is 0 Å². The van der Waals surface area contributed by atoms with Crippen LogP contribution in [0.1, 0.15) is 36.4 Å². The molecule has 2 heterocycles. The highest BCUT2D eigenvalue weighted by Gasteiger charge is 2.34. The smallest absolute Gasteiger partial charge is 0.226 e. The fourth-order valence-corrected chi connectivity index (χ4v) is 4.52. The van der Waals surface area contributed by atoms with E-state index in [0.29, 0.717) is 0 Å². The van der Waals surface area contributed by atoms with Gasteiger partial charge < -0.3 is 5.32 Å². The van der Waals surface area contributed by atoms with Crippen molar-refractivity contribution in [2.75, 3.05) is 5.32 Å². The molecular formula is C22H18Cl2N4. The summed E-state index contributed by atoms with van der Waals surface area (Å²) in [7, 11) is 0. The van der Waals surface area contributed by atoms with E-state index < -0.39 is 0 Å². The molecule has 0 radical (unpaired) electrons. The average molecular weight is 409 g/mol. The minimum absolute atomic E-state index is 0.0580. The fraction of sp³-hybridized carbons (Fsp3) is 0.182. The zero-order valence-electron chi connectivity index (χ0n) is 15.1. The summed E-state index contributed by atoms with van der Waals surface area (Å²) in [6.07, 6.45) is 6.81. The molecule has 140 valence electrons. The minimum atomic E-state index is -0.0580. The van der Waals surface area contributed by atoms with Crippen LogP contribution in [0.2, 0.25) is 10.0 Å². The maximum Gasteiger partial charge on any atom is 0.226 e. The zero-order chi connectivity index (χ0) is 19.1. The van der Waals surface area contributed by atoms with Gasteiger partial charge in [0, 0.05) is 15.7 Å². The normalized spacial score (nSPS) is 19.9. The molecule has 0 fully saturated rings. The lowest BCUT2D eigenvalue weighted by atomic mass is 9.83. The van der Waals surface area contributed by atoms with Crippen LogP contribution in [0.4, 0.5) is 5.95 Å². The standard InChI is InChI=1S/C22H18Cl2N4/c23-18-10-3-1-6-14(18)12-15-7-5-9-17-20(15)27-22-25-13-26-28(22)21(17)16-8-2-4-11-19(16)24/h1-4,6,8,10-13,21H,5,7,9H2,(H,25,26,27)/t21-/m1/s1. The number of fused-ring (bicyclic) bond motifs is 1. The first-order valence-electron chi connectivity index (χ1n) is 9.32. The molecule has 0 unspecified atom stereocenters. The SMILES string of the molecule is Clc1ccccc1C=C1CCCC2=C1Nc1ncnn1[C@@H]2c1ccccc1Cl. The Kier molecular flexibility index (Phi) is 4.46. The predicted octanol–water partition coefficient (Wildman–Crippen LogP) is 6.12. The van der Waals surface area contributed by atoms with E-state index in [4.69, 9.17) is 23.2 Å². The molecule has 5 rings (SSSR count). The summed E-state index contributed by atoms with van der Waals surface area (Å²) >= 11 is 13.0. The Hall–Kier alpha value is -2.56. The van der Waals surface area contributed by atoms with Crippen molar-refractivity contribution >= 4 is 35.2 Å². The van der Waals surface area contributed by atoms with Gasteiger partial charge in [-0.15, -0.1) is 0 Å². The number of halogens is 2. The lowest BCUT2D eigenvalue weighted by Crippen LogP contribution is -2.28. The zero-order valence-corrected chi connectivity index (χ0v) is 16.6. The number of rotatable bonds is 2. The molecule has 0 spiro atoms. The summed E-state index contributed by atoms with van der Waals surface area (Å²) in [5.41, 5.74) is 5.72. The largest absolute Gasteiger partial charge is 0.324 e. The van der Waals surface area contributed by atoms with Gasteiger partial charge in [-0.2, -0.15) is 10.1 Å². The van der Waals surface area contributed by atoms with Gasteiger partial charge in [0.25, 0.3) is 0 Å². The molecule has 1 aliphatic heterocycles. The van der Waals surface area contributed by atoms with Crippen LogP contribution in [0, 0.1) is 0 Å². The van der Waals surface area contributed by atoms with Crippen molar-refractivity contribution in [1.82, 2.24) is 14.8 Å². The van der Waals surface area contributed by atoms with E-state index in [1.165, 1.54) is 11.1 Å². The van der Waals surface area contributed by atoms with E-state index >= 15 is 0 Å². The first-order chi connectivity index (χ1) is 13.7. The Morgan fingerprint density at radius 2 is 1.79 bits per heavy atom. The summed E-state index contributed by atoms with van der Waals surface area (Å²) in [4.78, 5) is 4.42. The number of hydrogen-bond donors (Lipinski definition) is 1. The molecule has 4 nitrogen and oxygen atoms in total. The van der Waals surface area contributed by atoms with E-state index in [2.05, 4.69) is 27.5 Å². The van der Waals surface area contributed by atoms with E-state index in [9.17, 15) is 0 Å². The Labute approximate surface area is 173 Å². The molecule has 0 amide bonds. The van der Waals surface area contributed by atoms with Crippen molar-refractivity contribution in [1.29, 1.82) is 0 Å². The third-order valence-corrected chi connectivity index (χ3v) is 6.04. The van der Waals surface area contributed by atoms with E-state index in [1.807, 2.05) is 47.1 Å². The van der Waals surface area contributed by atoms with E-state index in [0.717, 1.165) is 52.1 Å². The van der Waals surface area contributed by atoms with Crippen molar-refractivity contribution in [3.05, 3.63) is 92.9 Å². The molecule has 1 aliphatic carbocycles. The maximum absolute atomic E-state index is 6.57. The summed E-state index contributed by atoms with van der Waals surface area (Å²) in [6.45, 7) is 0. The van der Waals surface area contributed by atoms with Gasteiger partial charge in [0.2, 0.25) is 5.95 Å². The first-order valence-corrected chi connectivity index (χ1v) is 10.1. The molecule has 0 saturated carbocycles. The van der Waals surface area contributed by atoms with Gasteiger partial charge in [-0.1, -0.05) is 59.6 Å². The molecule has 0 saturated heterocycles. The predicted molar refractivity (Wildman–Crippen MR) is 114 cm³/mol. The van der Waals surface area contributed by atoms with Crippen molar-refractivity contribution in [3.8, 4) is 0 Å². The highest BCUT2D eigenvalue weighted by molar-refractivity contribution is 6.32. The monoisotopic (exact) mass is 408 g/mol. The molecule has 3 aromatic rings. The van der Waals surface area contributed by atoms with E-state index in [-0.39, 0.29) is 6.04 Å². The van der Waals surface area contributed by atoms with Crippen LogP contribution in [-0.2, 0) is 0 Å². The molecule has 1 aromatic heterocycles. The van der Waals surface area contributed by atoms with Crippen LogP contribution in [-0.4, -0.2) is 14.8 Å². The topological polar surface area (TPSA) is 42.7 Å². The summed E-state index contributed by atoms with van der Waals surface area (Å²) in [6, 6.07) is 15.8. The molecule has 2 aromatic carbocycles. The number of hydrogen-bond acceptors (Lipinski definition) is 3. The Balaban J connectivity index is 1.68. The molecule has 28 heavy (non-hydrogen) atoms. The van der Waals surface area contributed by atoms with Crippen LogP contribution in [0.25, 0.3) is 6.08 Å². The number of allylic oxidation sites excluding steroid dienone is 2. The highest BCUT2D eigenvalue weighted by atomic mass is 35.5. The lowest BCUT2D eigenvalue weighted by molar-refractivity contribution is 0.538. The molecular weight excluding hydrogens is 391 g/mol. The van der Waals surface area contributed by atoms with Crippen LogP contribution >= 0.6 is 23.2 Å². The number of anilines is 1. The second-order valence-electron chi connectivity index (χ2n) is 7.02. The number of benzene rings is 2. The van der Waals surface area contributed by atoms with E-state index in [1.54, 1.807) is 6.33 Å². The quantitative estimate of drug-likeness (QED) is 0.554. The average Bonchev–Trinajstić information content (AvgIpc) is 3.17. The summed E-state index contributed by atoms with van der Waals surface area (Å²) < 4.78 is 1.93. The molecule has 0 bridgehead atoms. The maximum atomic E-state index is 6.57. The van der Waals surface area contributed by atoms with Gasteiger partial charge in [-0.3, -0.25) is 0 Å². The van der Waals surface area contributed by atoms with Gasteiger partial charge in [-0.25, -0.2) is 4.68 Å². The van der Waals surface area contributed by atoms with Crippen molar-refractivity contribution in [2.45, 2.75) is 25.3 Å². The van der Waals surface area contributed by atoms with Crippen molar-refractivity contribution in [2.24, 2.45) is 0 Å². The summed E-state index contributed by atoms with van der Waals surface area (Å²) in [5, 5.41) is 9.48. The fourth-order valence-electron chi connectivity index (χ4n) is 4.09. The van der Waals surface area contributed by atoms with Gasteiger partial charge >= 0.3 is 0 Å². The van der Waals surface area contributed by atoms with Gasteiger partial charge in [0.15, 0.2) is 0 Å². The second kappa shape index (κ2) is 7.12. The third-order valence-electron chi connectivity index (χ3n) is 5.35. The second-order valence-corrected chi connectivity index (χ2v) is 7.84. The minimum Gasteiger partial charge on any atom is -0.324 e. The molecule has 6 heteroatoms. The molecule has 1 atom stereocenters. The first kappa shape index (κ1) is 17.5. The lowest BCUT2D eigenvalue weighted by Gasteiger charge is -2.34. The Morgan fingerprint density at radius 3 is 2.61 bits per heavy atom. The number of aromatic nitrogens is 3. The van der Waals surface area contributed by atoms with Crippen molar-refractivity contribution in [3.63, 3.8) is 0 Å². The number of nitrogens with zero attached hydrogens (tertiary/aromatic N) is 3. The Bertz CT molecular complexity index is 1110. The Morgan fingerprint density at radius 1 is 1.00 bits per heavy atom. The summed E-state index contributed by atoms with van der Waals surface area (Å²) in [5.74, 6) is 0.732. The third kappa shape index (κ3) is 2.93. The highest BCUT2D eigenvalue weighted by Crippen LogP contribution is 2.45. The van der Waals surface area contributed by atoms with Crippen LogP contribution in [0.3, 0.4) is 0 Å². The van der Waals surface area contributed by atoms with Gasteiger partial charge in [0.05, 0.1) is 0 Å². The van der Waals surface area contributed by atoms with Gasteiger partial charge in [0.1, 0.15) is 12.4 Å². The van der Waals surface area contributed by atoms with Crippen LogP contribution in [0.5, 0.6) is 0 Å². The molecule has 2 aliphatic rings. The van der Waals surface area contributed by atoms with Crippen LogP contribution in [0.15, 0.2) is 71.7 Å². The van der Waals surface area contributed by atoms with Gasteiger partial charge in [-0.05, 0) is 59.7 Å². The van der Waals surface area contributed by atoms with Crippen LogP contribution < -0.4 is 5.32 Å². The molecule has 1 N–H and O–H groups in total.